The molecular weight excluding hydrogens is 222 g/mol. The molecule has 18 heavy (non-hydrogen) atoms. The molecule has 1 rings (SSSR count). The summed E-state index contributed by atoms with van der Waals surface area (Å²) in [7, 11) is 1.89. The van der Waals surface area contributed by atoms with Crippen molar-refractivity contribution >= 4 is 0 Å². The number of benzene rings is 1. The van der Waals surface area contributed by atoms with E-state index in [9.17, 15) is 0 Å². The van der Waals surface area contributed by atoms with E-state index in [1.807, 2.05) is 20.9 Å². The summed E-state index contributed by atoms with van der Waals surface area (Å²) in [6, 6.07) is 10.6. The topological polar surface area (TPSA) is 21.3 Å². The molecule has 0 aliphatic heterocycles. The number of aryl methyl sites for hydroxylation is 1. The van der Waals surface area contributed by atoms with Crippen LogP contribution in [0.3, 0.4) is 0 Å². The van der Waals surface area contributed by atoms with E-state index in [1.54, 1.807) is 0 Å². The van der Waals surface area contributed by atoms with E-state index >= 15 is 0 Å². The van der Waals surface area contributed by atoms with Crippen LogP contribution in [0.5, 0.6) is 0 Å². The Labute approximate surface area is 113 Å². The van der Waals surface area contributed by atoms with Crippen molar-refractivity contribution < 1.29 is 4.74 Å². The molecule has 0 amide bonds. The molecule has 104 valence electrons. The van der Waals surface area contributed by atoms with Gasteiger partial charge >= 0.3 is 0 Å². The summed E-state index contributed by atoms with van der Waals surface area (Å²) in [6.45, 7) is 11.5. The molecule has 2 nitrogen and oxygen atoms in total. The van der Waals surface area contributed by atoms with Crippen LogP contribution in [0.15, 0.2) is 43.5 Å². The van der Waals surface area contributed by atoms with Crippen molar-refractivity contribution in [3.63, 3.8) is 0 Å². The lowest BCUT2D eigenvalue weighted by molar-refractivity contribution is 0.118. The molecule has 0 saturated carbocycles. The minimum atomic E-state index is 0.658. The number of ether oxygens (including phenoxy) is 1. The first-order chi connectivity index (χ1) is 8.93. The second-order valence-electron chi connectivity index (χ2n) is 3.35. The number of unbranched alkanes of at least 4 members (excludes halogenated alkanes) is 1. The highest BCUT2D eigenvalue weighted by Gasteiger charge is 1.92. The van der Waals surface area contributed by atoms with Crippen molar-refractivity contribution in [3.05, 3.63) is 49.1 Å². The second-order valence-corrected chi connectivity index (χ2v) is 3.35. The Balaban J connectivity index is 0. The van der Waals surface area contributed by atoms with Crippen LogP contribution in [-0.2, 0) is 11.2 Å². The van der Waals surface area contributed by atoms with Crippen LogP contribution in [0.4, 0.5) is 0 Å². The van der Waals surface area contributed by atoms with Crippen LogP contribution in [0.1, 0.15) is 32.3 Å². The molecule has 0 aliphatic carbocycles. The third-order valence-electron chi connectivity index (χ3n) is 2.09. The van der Waals surface area contributed by atoms with Crippen molar-refractivity contribution in [2.24, 2.45) is 0 Å². The van der Waals surface area contributed by atoms with Gasteiger partial charge in [-0.05, 0) is 31.9 Å². The Bertz CT molecular complexity index is 236. The molecule has 0 saturated heterocycles. The summed E-state index contributed by atoms with van der Waals surface area (Å²) < 4.78 is 5.31. The monoisotopic (exact) mass is 251 g/mol. The standard InChI is InChI=1S/C12H19NO.C2H6.C2H4/c1-13-11-14-10-6-5-9-12-7-3-2-4-8-12;2*1-2/h2-4,7-8,13H,5-6,9-11H2,1H3;1-2H3;1-2H2. The van der Waals surface area contributed by atoms with Gasteiger partial charge in [0, 0.05) is 6.61 Å². The van der Waals surface area contributed by atoms with Crippen molar-refractivity contribution in [1.82, 2.24) is 5.32 Å². The molecule has 0 bridgehead atoms. The van der Waals surface area contributed by atoms with E-state index in [-0.39, 0.29) is 0 Å². The highest BCUT2D eigenvalue weighted by molar-refractivity contribution is 5.14. The van der Waals surface area contributed by atoms with Crippen LogP contribution < -0.4 is 5.32 Å². The summed E-state index contributed by atoms with van der Waals surface area (Å²) in [5.74, 6) is 0. The van der Waals surface area contributed by atoms with E-state index in [0.717, 1.165) is 19.4 Å². The predicted octanol–water partition coefficient (Wildman–Crippen LogP) is 4.03. The van der Waals surface area contributed by atoms with Crippen molar-refractivity contribution in [2.75, 3.05) is 20.4 Å². The Hall–Kier alpha value is -1.12. The lowest BCUT2D eigenvalue weighted by Gasteiger charge is -2.03. The Morgan fingerprint density at radius 1 is 1.06 bits per heavy atom. The molecule has 0 unspecified atom stereocenters. The van der Waals surface area contributed by atoms with Gasteiger partial charge in [0.2, 0.25) is 0 Å². The van der Waals surface area contributed by atoms with Gasteiger partial charge in [0.05, 0.1) is 6.73 Å². The fourth-order valence-corrected chi connectivity index (χ4v) is 1.35. The quantitative estimate of drug-likeness (QED) is 0.449. The first kappa shape index (κ1) is 19.2. The number of rotatable bonds is 7. The third-order valence-corrected chi connectivity index (χ3v) is 2.09. The van der Waals surface area contributed by atoms with Gasteiger partial charge in [-0.15, -0.1) is 13.2 Å². The number of nitrogens with one attached hydrogen (secondary N) is 1. The molecule has 2 heteroatoms. The number of hydrogen-bond donors (Lipinski definition) is 1. The summed E-state index contributed by atoms with van der Waals surface area (Å²) in [6.07, 6.45) is 3.49. The molecule has 0 atom stereocenters. The Kier molecular flexibility index (Phi) is 19.5. The maximum absolute atomic E-state index is 5.31. The molecular formula is C16H29NO. The SMILES string of the molecule is C=C.CC.CNCOCCCCc1ccccc1. The van der Waals surface area contributed by atoms with Gasteiger partial charge in [-0.2, -0.15) is 0 Å². The fraction of sp³-hybridized carbons (Fsp3) is 0.500. The molecule has 0 aliphatic rings. The maximum Gasteiger partial charge on any atom is 0.0962 e. The zero-order chi connectivity index (χ0) is 14.1. The maximum atomic E-state index is 5.31. The molecule has 0 fully saturated rings. The summed E-state index contributed by atoms with van der Waals surface area (Å²) in [4.78, 5) is 0. The van der Waals surface area contributed by atoms with Crippen molar-refractivity contribution in [1.29, 1.82) is 0 Å². The van der Waals surface area contributed by atoms with E-state index in [0.29, 0.717) is 6.73 Å². The first-order valence-corrected chi connectivity index (χ1v) is 6.70. The van der Waals surface area contributed by atoms with Crippen LogP contribution in [0.25, 0.3) is 0 Å². The highest BCUT2D eigenvalue weighted by atomic mass is 16.5. The minimum absolute atomic E-state index is 0.658. The molecule has 1 N–H and O–H groups in total. The first-order valence-electron chi connectivity index (χ1n) is 6.70. The normalized spacial score (nSPS) is 8.61. The minimum Gasteiger partial charge on any atom is -0.366 e. The lowest BCUT2D eigenvalue weighted by Crippen LogP contribution is -2.12. The second kappa shape index (κ2) is 18.3. The molecule has 1 aromatic carbocycles. The van der Waals surface area contributed by atoms with Crippen LogP contribution >= 0.6 is 0 Å². The Morgan fingerprint density at radius 2 is 1.67 bits per heavy atom. The lowest BCUT2D eigenvalue weighted by atomic mass is 10.1. The zero-order valence-electron chi connectivity index (χ0n) is 12.2. The van der Waals surface area contributed by atoms with E-state index in [4.69, 9.17) is 4.74 Å². The molecule has 0 spiro atoms. The molecule has 0 radical (unpaired) electrons. The van der Waals surface area contributed by atoms with Crippen molar-refractivity contribution in [3.8, 4) is 0 Å². The summed E-state index contributed by atoms with van der Waals surface area (Å²) in [5, 5.41) is 2.95. The largest absolute Gasteiger partial charge is 0.366 e. The molecule has 0 aromatic heterocycles. The fourth-order valence-electron chi connectivity index (χ4n) is 1.35. The summed E-state index contributed by atoms with van der Waals surface area (Å²) >= 11 is 0. The molecule has 1 aromatic rings. The van der Waals surface area contributed by atoms with Gasteiger partial charge < -0.3 is 4.74 Å². The zero-order valence-corrected chi connectivity index (χ0v) is 12.2. The smallest absolute Gasteiger partial charge is 0.0962 e. The van der Waals surface area contributed by atoms with Gasteiger partial charge in [-0.1, -0.05) is 44.2 Å². The predicted molar refractivity (Wildman–Crippen MR) is 81.9 cm³/mol. The van der Waals surface area contributed by atoms with Gasteiger partial charge in [0.25, 0.3) is 0 Å². The van der Waals surface area contributed by atoms with Crippen molar-refractivity contribution in [2.45, 2.75) is 33.1 Å². The average Bonchev–Trinajstić information content (AvgIpc) is 2.48. The van der Waals surface area contributed by atoms with Gasteiger partial charge in [0.1, 0.15) is 0 Å². The summed E-state index contributed by atoms with van der Waals surface area (Å²) in [5.41, 5.74) is 1.42. The molecule has 0 heterocycles. The Morgan fingerprint density at radius 3 is 2.22 bits per heavy atom. The average molecular weight is 251 g/mol. The van der Waals surface area contributed by atoms with Crippen LogP contribution in [-0.4, -0.2) is 20.4 Å². The van der Waals surface area contributed by atoms with Crippen LogP contribution in [0.2, 0.25) is 0 Å². The highest BCUT2D eigenvalue weighted by Crippen LogP contribution is 2.04. The van der Waals surface area contributed by atoms with E-state index < -0.39 is 0 Å². The van der Waals surface area contributed by atoms with E-state index in [1.165, 1.54) is 12.0 Å². The van der Waals surface area contributed by atoms with E-state index in [2.05, 4.69) is 48.8 Å². The van der Waals surface area contributed by atoms with Gasteiger partial charge in [-0.25, -0.2) is 0 Å². The van der Waals surface area contributed by atoms with Crippen LogP contribution in [0, 0.1) is 0 Å². The van der Waals surface area contributed by atoms with Gasteiger partial charge in [0.15, 0.2) is 0 Å². The third kappa shape index (κ3) is 12.9. The number of hydrogen-bond acceptors (Lipinski definition) is 2. The van der Waals surface area contributed by atoms with Gasteiger partial charge in [-0.3, -0.25) is 5.32 Å².